The highest BCUT2D eigenvalue weighted by atomic mass is 35.5. The normalized spacial score (nSPS) is 14.4. The summed E-state index contributed by atoms with van der Waals surface area (Å²) in [4.78, 5) is 27.2. The highest BCUT2D eigenvalue weighted by Gasteiger charge is 2.31. The molecule has 0 atom stereocenters. The maximum Gasteiger partial charge on any atom is 0.268 e. The molecule has 1 aliphatic rings. The molecule has 0 unspecified atom stereocenters. The van der Waals surface area contributed by atoms with Crippen LogP contribution in [-0.4, -0.2) is 48.6 Å². The van der Waals surface area contributed by atoms with E-state index in [9.17, 15) is 9.59 Å². The van der Waals surface area contributed by atoms with Crippen LogP contribution in [0.3, 0.4) is 0 Å². The van der Waals surface area contributed by atoms with Crippen molar-refractivity contribution in [2.24, 2.45) is 0 Å². The van der Waals surface area contributed by atoms with Gasteiger partial charge in [-0.15, -0.1) is 0 Å². The summed E-state index contributed by atoms with van der Waals surface area (Å²) in [6.45, 7) is 5.38. The van der Waals surface area contributed by atoms with Crippen LogP contribution in [0.5, 0.6) is 5.75 Å². The smallest absolute Gasteiger partial charge is 0.268 e. The van der Waals surface area contributed by atoms with Gasteiger partial charge in [-0.25, -0.2) is 0 Å². The lowest BCUT2D eigenvalue weighted by Crippen LogP contribution is -2.42. The maximum atomic E-state index is 12.8. The van der Waals surface area contributed by atoms with Gasteiger partial charge in [0.05, 0.1) is 23.9 Å². The van der Waals surface area contributed by atoms with Crippen LogP contribution in [0, 0.1) is 0 Å². The molecule has 0 radical (unpaired) electrons. The molecule has 0 aromatic heterocycles. The van der Waals surface area contributed by atoms with Crippen LogP contribution in [-0.2, 0) is 9.53 Å². The molecule has 0 aliphatic carbocycles. The highest BCUT2D eigenvalue weighted by Crippen LogP contribution is 2.27. The average molecular weight is 437 g/mol. The summed E-state index contributed by atoms with van der Waals surface area (Å²) in [5, 5.41) is 3.67. The number of nitrogens with zero attached hydrogens (tertiary/aromatic N) is 1. The predicted molar refractivity (Wildman–Crippen MR) is 113 cm³/mol. The first-order chi connectivity index (χ1) is 13.8. The molecule has 8 heteroatoms. The third-order valence-corrected chi connectivity index (χ3v) is 5.07. The first-order valence-corrected chi connectivity index (χ1v) is 9.94. The third-order valence-electron chi connectivity index (χ3n) is 4.49. The van der Waals surface area contributed by atoms with Gasteiger partial charge >= 0.3 is 0 Å². The third kappa shape index (κ3) is 5.41. The van der Waals surface area contributed by atoms with E-state index in [-0.39, 0.29) is 5.91 Å². The van der Waals surface area contributed by atoms with Crippen LogP contribution in [0.2, 0.25) is 10.0 Å². The molecule has 0 spiro atoms. The molecule has 29 heavy (non-hydrogen) atoms. The lowest BCUT2D eigenvalue weighted by molar-refractivity contribution is -0.128. The number of benzene rings is 2. The van der Waals surface area contributed by atoms with E-state index < -0.39 is 11.5 Å². The average Bonchev–Trinajstić information content (AvgIpc) is 2.71. The van der Waals surface area contributed by atoms with Crippen LogP contribution in [0.4, 0.5) is 5.69 Å². The fraction of sp³-hybridized carbons (Fsp3) is 0.333. The number of hydrogen-bond donors (Lipinski definition) is 1. The zero-order chi connectivity index (χ0) is 21.0. The Morgan fingerprint density at radius 3 is 2.38 bits per heavy atom. The number of carbonyl (C=O) groups excluding carboxylic acids is 2. The lowest BCUT2D eigenvalue weighted by Gasteiger charge is -2.27. The van der Waals surface area contributed by atoms with Gasteiger partial charge in [0.1, 0.15) is 5.75 Å². The van der Waals surface area contributed by atoms with E-state index >= 15 is 0 Å². The first kappa shape index (κ1) is 21.4. The van der Waals surface area contributed by atoms with Gasteiger partial charge in [0.15, 0.2) is 5.60 Å². The minimum absolute atomic E-state index is 0.128. The molecule has 6 nitrogen and oxygen atoms in total. The fourth-order valence-corrected chi connectivity index (χ4v) is 3.11. The highest BCUT2D eigenvalue weighted by molar-refractivity contribution is 6.34. The Kier molecular flexibility index (Phi) is 6.67. The standard InChI is InChI=1S/C21H22Cl2N2O4/c1-21(2,29-16-6-4-15(22)5-7-16)20(27)24-18-13-14(3-8-17(18)23)19(26)25-9-11-28-12-10-25/h3-8,13H,9-12H2,1-2H3,(H,24,27). The SMILES string of the molecule is CC(C)(Oc1ccc(Cl)cc1)C(=O)Nc1cc(C(=O)N2CCOCC2)ccc1Cl. The summed E-state index contributed by atoms with van der Waals surface area (Å²) < 4.78 is 11.1. The second-order valence-corrected chi connectivity index (χ2v) is 7.96. The topological polar surface area (TPSA) is 67.9 Å². The van der Waals surface area contributed by atoms with Crippen molar-refractivity contribution in [2.45, 2.75) is 19.4 Å². The number of hydrogen-bond acceptors (Lipinski definition) is 4. The van der Waals surface area contributed by atoms with Crippen molar-refractivity contribution in [3.05, 3.63) is 58.1 Å². The zero-order valence-electron chi connectivity index (χ0n) is 16.2. The number of carbonyl (C=O) groups is 2. The maximum absolute atomic E-state index is 12.8. The largest absolute Gasteiger partial charge is 0.478 e. The molecule has 1 N–H and O–H groups in total. The Morgan fingerprint density at radius 2 is 1.72 bits per heavy atom. The van der Waals surface area contributed by atoms with Crippen molar-refractivity contribution in [2.75, 3.05) is 31.6 Å². The summed E-state index contributed by atoms with van der Waals surface area (Å²) in [6, 6.07) is 11.6. The molecule has 2 aromatic rings. The zero-order valence-corrected chi connectivity index (χ0v) is 17.7. The summed E-state index contributed by atoms with van der Waals surface area (Å²) in [7, 11) is 0. The molecular formula is C21H22Cl2N2O4. The molecule has 2 aromatic carbocycles. The Balaban J connectivity index is 1.73. The molecule has 2 amide bonds. The predicted octanol–water partition coefficient (Wildman–Crippen LogP) is 4.26. The second-order valence-electron chi connectivity index (χ2n) is 7.12. The number of halogens is 2. The van der Waals surface area contributed by atoms with E-state index in [1.807, 2.05) is 0 Å². The fourth-order valence-electron chi connectivity index (χ4n) is 2.82. The number of morpholine rings is 1. The lowest BCUT2D eigenvalue weighted by atomic mass is 10.1. The molecular weight excluding hydrogens is 415 g/mol. The molecule has 3 rings (SSSR count). The number of ether oxygens (including phenoxy) is 2. The van der Waals surface area contributed by atoms with Crippen LogP contribution >= 0.6 is 23.2 Å². The van der Waals surface area contributed by atoms with Gasteiger partial charge in [-0.3, -0.25) is 9.59 Å². The summed E-state index contributed by atoms with van der Waals surface area (Å²) >= 11 is 12.1. The molecule has 1 fully saturated rings. The van der Waals surface area contributed by atoms with Crippen molar-refractivity contribution >= 4 is 40.7 Å². The quantitative estimate of drug-likeness (QED) is 0.759. The van der Waals surface area contributed by atoms with Crippen LogP contribution < -0.4 is 10.1 Å². The molecule has 0 bridgehead atoms. The monoisotopic (exact) mass is 436 g/mol. The van der Waals surface area contributed by atoms with Gasteiger partial charge in [0.2, 0.25) is 0 Å². The van der Waals surface area contributed by atoms with E-state index in [0.29, 0.717) is 53.3 Å². The molecule has 1 aliphatic heterocycles. The van der Waals surface area contributed by atoms with Crippen LogP contribution in [0.15, 0.2) is 42.5 Å². The van der Waals surface area contributed by atoms with Crippen molar-refractivity contribution in [1.29, 1.82) is 0 Å². The van der Waals surface area contributed by atoms with E-state index in [0.717, 1.165) is 0 Å². The van der Waals surface area contributed by atoms with E-state index in [2.05, 4.69) is 5.32 Å². The molecule has 1 heterocycles. The molecule has 154 valence electrons. The summed E-state index contributed by atoms with van der Waals surface area (Å²) in [6.07, 6.45) is 0. The Labute approximate surface area is 179 Å². The van der Waals surface area contributed by atoms with Gasteiger partial charge < -0.3 is 19.7 Å². The van der Waals surface area contributed by atoms with E-state index in [4.69, 9.17) is 32.7 Å². The van der Waals surface area contributed by atoms with Gasteiger partial charge in [-0.2, -0.15) is 0 Å². The van der Waals surface area contributed by atoms with Gasteiger partial charge in [0.25, 0.3) is 11.8 Å². The summed E-state index contributed by atoms with van der Waals surface area (Å²) in [5.41, 5.74) is -0.381. The van der Waals surface area contributed by atoms with Crippen LogP contribution in [0.1, 0.15) is 24.2 Å². The minimum atomic E-state index is -1.18. The van der Waals surface area contributed by atoms with Crippen molar-refractivity contribution in [3.63, 3.8) is 0 Å². The number of anilines is 1. The molecule has 0 saturated carbocycles. The summed E-state index contributed by atoms with van der Waals surface area (Å²) in [5.74, 6) is -0.0145. The van der Waals surface area contributed by atoms with Crippen molar-refractivity contribution in [3.8, 4) is 5.75 Å². The van der Waals surface area contributed by atoms with Crippen molar-refractivity contribution < 1.29 is 19.1 Å². The number of nitrogens with one attached hydrogen (secondary N) is 1. The Morgan fingerprint density at radius 1 is 1.07 bits per heavy atom. The Bertz CT molecular complexity index is 894. The second kappa shape index (κ2) is 9.03. The molecule has 1 saturated heterocycles. The van der Waals surface area contributed by atoms with Gasteiger partial charge in [-0.1, -0.05) is 23.2 Å². The minimum Gasteiger partial charge on any atom is -0.478 e. The van der Waals surface area contributed by atoms with E-state index in [1.54, 1.807) is 61.2 Å². The van der Waals surface area contributed by atoms with Gasteiger partial charge in [0, 0.05) is 23.7 Å². The first-order valence-electron chi connectivity index (χ1n) is 9.19. The van der Waals surface area contributed by atoms with Gasteiger partial charge in [-0.05, 0) is 56.3 Å². The van der Waals surface area contributed by atoms with Crippen LogP contribution in [0.25, 0.3) is 0 Å². The number of rotatable bonds is 5. The van der Waals surface area contributed by atoms with E-state index in [1.165, 1.54) is 0 Å². The number of amides is 2. The van der Waals surface area contributed by atoms with Crippen molar-refractivity contribution in [1.82, 2.24) is 4.90 Å². The Hall–Kier alpha value is -2.28.